The van der Waals surface area contributed by atoms with Crippen LogP contribution in [-0.4, -0.2) is 27.5 Å². The number of rotatable bonds is 10. The molecule has 0 N–H and O–H groups in total. The van der Waals surface area contributed by atoms with Crippen molar-refractivity contribution in [3.05, 3.63) is 11.6 Å². The molecule has 0 spiro atoms. The maximum absolute atomic E-state index is 11.5. The smallest absolute Gasteiger partial charge is 0.384 e. The third kappa shape index (κ3) is 8.74. The Kier molecular flexibility index (Phi) is 11.8. The maximum Gasteiger partial charge on any atom is 0.384 e. The van der Waals surface area contributed by atoms with Gasteiger partial charge in [0.05, 0.1) is 7.11 Å². The number of hydrogen-bond acceptors (Lipinski definition) is 3. The lowest BCUT2D eigenvalue weighted by Gasteiger charge is -2.32. The van der Waals surface area contributed by atoms with Crippen molar-refractivity contribution in [1.82, 2.24) is 0 Å². The first-order chi connectivity index (χ1) is 11.8. The highest BCUT2D eigenvalue weighted by Gasteiger charge is 2.32. The Morgan fingerprint density at radius 3 is 2.12 bits per heavy atom. The van der Waals surface area contributed by atoms with Crippen LogP contribution in [0, 0.1) is 23.7 Å². The van der Waals surface area contributed by atoms with Crippen molar-refractivity contribution in [3.63, 3.8) is 0 Å². The number of methoxy groups -OCH3 is 1. The van der Waals surface area contributed by atoms with E-state index >= 15 is 0 Å². The van der Waals surface area contributed by atoms with E-state index in [2.05, 4.69) is 71.1 Å². The van der Waals surface area contributed by atoms with E-state index < -0.39 is 14.3 Å². The predicted molar refractivity (Wildman–Crippen MR) is 109 cm³/mol. The largest absolute Gasteiger partial charge is 0.459 e. The zero-order chi connectivity index (χ0) is 19.5. The van der Waals surface area contributed by atoms with Gasteiger partial charge in [-0.15, -0.1) is 0 Å². The fraction of sp³-hybridized carbons (Fsp3) is 0.762. The highest BCUT2D eigenvalue weighted by molar-refractivity contribution is 6.73. The lowest BCUT2D eigenvalue weighted by molar-refractivity contribution is -0.133. The van der Waals surface area contributed by atoms with E-state index in [4.69, 9.17) is 4.43 Å². The average Bonchev–Trinajstić information content (AvgIpc) is 2.61. The highest BCUT2D eigenvalue weighted by Crippen LogP contribution is 2.26. The molecule has 144 valence electrons. The summed E-state index contributed by atoms with van der Waals surface area (Å²) in [5.41, 5.74) is 1.11. The standard InChI is InChI=1S/C21H38O3Si/c1-9-17(5)15-18(6)16-19(7)20(13-14-21(22)23-8)24-25(10-2,11-3)12-4/h16-18,20H,9-12,15H2,1-8H3/b19-16+/t17-,18+,20+/m1/s1. The molecule has 4 heteroatoms. The minimum Gasteiger partial charge on any atom is -0.459 e. The normalized spacial score (nSPS) is 15.8. The van der Waals surface area contributed by atoms with Gasteiger partial charge in [0.25, 0.3) is 0 Å². The molecule has 0 unspecified atom stereocenters. The lowest BCUT2D eigenvalue weighted by Crippen LogP contribution is -2.40. The molecule has 0 aromatic rings. The zero-order valence-electron chi connectivity index (χ0n) is 17.6. The van der Waals surface area contributed by atoms with Gasteiger partial charge in [0.1, 0.15) is 6.10 Å². The minimum absolute atomic E-state index is 0.315. The van der Waals surface area contributed by atoms with E-state index in [1.807, 2.05) is 0 Å². The van der Waals surface area contributed by atoms with Crippen LogP contribution in [0.5, 0.6) is 0 Å². The average molecular weight is 367 g/mol. The maximum atomic E-state index is 11.5. The van der Waals surface area contributed by atoms with Gasteiger partial charge in [-0.2, -0.15) is 0 Å². The van der Waals surface area contributed by atoms with Crippen molar-refractivity contribution in [1.29, 1.82) is 0 Å². The molecule has 0 aromatic heterocycles. The van der Waals surface area contributed by atoms with Crippen LogP contribution >= 0.6 is 0 Å². The minimum atomic E-state index is -1.81. The Balaban J connectivity index is 5.48. The van der Waals surface area contributed by atoms with Crippen LogP contribution in [0.15, 0.2) is 11.6 Å². The zero-order valence-corrected chi connectivity index (χ0v) is 18.6. The SMILES string of the molecule is CC[C@@H](C)C[C@H](C)/C=C(\C)[C@H](C#CC(=O)OC)O[Si](CC)(CC)CC. The molecule has 0 aliphatic carbocycles. The van der Waals surface area contributed by atoms with E-state index in [-0.39, 0.29) is 6.10 Å². The van der Waals surface area contributed by atoms with E-state index in [0.717, 1.165) is 30.1 Å². The van der Waals surface area contributed by atoms with Gasteiger partial charge in [0.2, 0.25) is 0 Å². The molecule has 0 radical (unpaired) electrons. The van der Waals surface area contributed by atoms with Gasteiger partial charge in [0, 0.05) is 5.92 Å². The quantitative estimate of drug-likeness (QED) is 0.167. The van der Waals surface area contributed by atoms with Crippen molar-refractivity contribution < 1.29 is 14.0 Å². The van der Waals surface area contributed by atoms with Crippen molar-refractivity contribution in [2.24, 2.45) is 11.8 Å². The first kappa shape index (κ1) is 23.9. The van der Waals surface area contributed by atoms with Crippen LogP contribution in [0.25, 0.3) is 0 Å². The van der Waals surface area contributed by atoms with Gasteiger partial charge in [-0.25, -0.2) is 4.79 Å². The molecule has 0 fully saturated rings. The van der Waals surface area contributed by atoms with E-state index in [1.165, 1.54) is 13.5 Å². The number of esters is 1. The molecular formula is C21H38O3Si. The predicted octanol–water partition coefficient (Wildman–Crippen LogP) is 5.57. The van der Waals surface area contributed by atoms with Crippen LogP contribution < -0.4 is 0 Å². The third-order valence-electron chi connectivity index (χ3n) is 5.22. The Hall–Kier alpha value is -1.05. The second-order valence-corrected chi connectivity index (χ2v) is 11.9. The number of carbonyl (C=O) groups excluding carboxylic acids is 1. The number of carbonyl (C=O) groups is 1. The Labute approximate surface area is 156 Å². The van der Waals surface area contributed by atoms with Gasteiger partial charge < -0.3 is 9.16 Å². The lowest BCUT2D eigenvalue weighted by atomic mass is 9.93. The first-order valence-corrected chi connectivity index (χ1v) is 12.3. The molecule has 0 saturated heterocycles. The van der Waals surface area contributed by atoms with Crippen molar-refractivity contribution >= 4 is 14.3 Å². The van der Waals surface area contributed by atoms with Gasteiger partial charge in [-0.3, -0.25) is 0 Å². The van der Waals surface area contributed by atoms with Crippen LogP contribution in [0.3, 0.4) is 0 Å². The van der Waals surface area contributed by atoms with Gasteiger partial charge in [-0.05, 0) is 48.9 Å². The summed E-state index contributed by atoms with van der Waals surface area (Å²) in [6, 6.07) is 3.18. The summed E-state index contributed by atoms with van der Waals surface area (Å²) in [5, 5.41) is 0. The fourth-order valence-corrected chi connectivity index (χ4v) is 5.81. The highest BCUT2D eigenvalue weighted by atomic mass is 28.4. The molecule has 0 bridgehead atoms. The Bertz CT molecular complexity index is 475. The second-order valence-electron chi connectivity index (χ2n) is 7.14. The molecule has 0 aromatic carbocycles. The third-order valence-corrected chi connectivity index (χ3v) is 9.83. The summed E-state index contributed by atoms with van der Waals surface area (Å²) in [6.07, 6.45) is 4.30. The van der Waals surface area contributed by atoms with Crippen LogP contribution in [0.4, 0.5) is 0 Å². The molecule has 0 aliphatic heterocycles. The monoisotopic (exact) mass is 366 g/mol. The van der Waals surface area contributed by atoms with Gasteiger partial charge in [0.15, 0.2) is 8.32 Å². The first-order valence-electron chi connectivity index (χ1n) is 9.72. The van der Waals surface area contributed by atoms with Crippen LogP contribution in [-0.2, 0) is 14.0 Å². The fourth-order valence-electron chi connectivity index (χ4n) is 3.07. The van der Waals surface area contributed by atoms with E-state index in [1.54, 1.807) is 0 Å². The summed E-state index contributed by atoms with van der Waals surface area (Å²) in [4.78, 5) is 11.5. The van der Waals surface area contributed by atoms with Crippen molar-refractivity contribution in [3.8, 4) is 11.8 Å². The number of allylic oxidation sites excluding steroid dienone is 1. The Morgan fingerprint density at radius 2 is 1.68 bits per heavy atom. The summed E-state index contributed by atoms with van der Waals surface area (Å²) in [6.45, 7) is 15.4. The second kappa shape index (κ2) is 12.3. The van der Waals surface area contributed by atoms with Gasteiger partial charge in [-0.1, -0.05) is 60.0 Å². The number of ether oxygens (including phenoxy) is 1. The molecular weight excluding hydrogens is 328 g/mol. The topological polar surface area (TPSA) is 35.5 Å². The Morgan fingerprint density at radius 1 is 1.12 bits per heavy atom. The summed E-state index contributed by atoms with van der Waals surface area (Å²) in [5.74, 6) is 6.27. The van der Waals surface area contributed by atoms with Crippen molar-refractivity contribution in [2.45, 2.75) is 85.5 Å². The summed E-state index contributed by atoms with van der Waals surface area (Å²) < 4.78 is 11.2. The van der Waals surface area contributed by atoms with Crippen LogP contribution in [0.1, 0.15) is 61.3 Å². The molecule has 3 nitrogen and oxygen atoms in total. The molecule has 0 heterocycles. The molecule has 3 atom stereocenters. The van der Waals surface area contributed by atoms with Crippen molar-refractivity contribution in [2.75, 3.05) is 7.11 Å². The number of hydrogen-bond donors (Lipinski definition) is 0. The molecule has 0 amide bonds. The molecule has 0 rings (SSSR count). The molecule has 25 heavy (non-hydrogen) atoms. The molecule has 0 saturated carbocycles. The van der Waals surface area contributed by atoms with Gasteiger partial charge >= 0.3 is 5.97 Å². The van der Waals surface area contributed by atoms with E-state index in [9.17, 15) is 4.79 Å². The summed E-state index contributed by atoms with van der Waals surface area (Å²) in [7, 11) is -0.457. The summed E-state index contributed by atoms with van der Waals surface area (Å²) >= 11 is 0. The molecule has 0 aliphatic rings. The van der Waals surface area contributed by atoms with E-state index in [0.29, 0.717) is 11.8 Å². The van der Waals surface area contributed by atoms with Crippen LogP contribution in [0.2, 0.25) is 18.1 Å².